The maximum absolute atomic E-state index is 11.9. The number of benzene rings is 2. The zero-order valence-corrected chi connectivity index (χ0v) is 20.1. The average molecular weight is 491 g/mol. The van der Waals surface area contributed by atoms with E-state index in [1.807, 2.05) is 65.4 Å². The molecule has 0 bridgehead atoms. The van der Waals surface area contributed by atoms with Gasteiger partial charge in [0.15, 0.2) is 5.65 Å². The van der Waals surface area contributed by atoms with Crippen molar-refractivity contribution in [3.63, 3.8) is 0 Å². The number of rotatable bonds is 7. The van der Waals surface area contributed by atoms with Crippen LogP contribution in [0.5, 0.6) is 11.5 Å². The Labute approximate surface area is 203 Å². The van der Waals surface area contributed by atoms with Crippen LogP contribution in [0.2, 0.25) is 0 Å². The fraction of sp³-hybridized carbons (Fsp3) is 0.240. The van der Waals surface area contributed by atoms with Gasteiger partial charge >= 0.3 is 0 Å². The van der Waals surface area contributed by atoms with E-state index in [1.54, 1.807) is 6.92 Å². The molecule has 1 atom stereocenters. The molecule has 0 spiro atoms. The van der Waals surface area contributed by atoms with Crippen LogP contribution >= 0.6 is 0 Å². The lowest BCUT2D eigenvalue weighted by Crippen LogP contribution is -2.27. The predicted molar refractivity (Wildman–Crippen MR) is 135 cm³/mol. The molecule has 1 aliphatic rings. The summed E-state index contributed by atoms with van der Waals surface area (Å²) in [6.07, 6.45) is 5.32. The highest BCUT2D eigenvalue weighted by molar-refractivity contribution is 7.89. The second-order valence-corrected chi connectivity index (χ2v) is 10.4. The van der Waals surface area contributed by atoms with Crippen molar-refractivity contribution in [3.05, 3.63) is 72.7 Å². The van der Waals surface area contributed by atoms with Crippen LogP contribution < -0.4 is 15.2 Å². The molecule has 9 nitrogen and oxygen atoms in total. The molecule has 5 rings (SSSR count). The minimum absolute atomic E-state index is 0.0242. The van der Waals surface area contributed by atoms with E-state index >= 15 is 0 Å². The predicted octanol–water partition coefficient (Wildman–Crippen LogP) is 4.42. The van der Waals surface area contributed by atoms with Crippen LogP contribution in [0.4, 0.5) is 5.82 Å². The van der Waals surface area contributed by atoms with Crippen LogP contribution in [0.1, 0.15) is 32.2 Å². The van der Waals surface area contributed by atoms with Gasteiger partial charge in [0.05, 0.1) is 17.2 Å². The van der Waals surface area contributed by atoms with E-state index in [0.29, 0.717) is 41.1 Å². The number of allylic oxidation sites excluding steroid dienone is 2. The topological polar surface area (TPSA) is 125 Å². The molecule has 10 heteroatoms. The Morgan fingerprint density at radius 2 is 1.83 bits per heavy atom. The van der Waals surface area contributed by atoms with E-state index in [1.165, 1.54) is 6.33 Å². The number of nitrogens with one attached hydrogen (secondary N) is 1. The number of nitrogens with two attached hydrogens (primary N) is 1. The number of sulfonamides is 1. The lowest BCUT2D eigenvalue weighted by molar-refractivity contribution is 0.420. The summed E-state index contributed by atoms with van der Waals surface area (Å²) in [6, 6.07) is 17.3. The van der Waals surface area contributed by atoms with Crippen molar-refractivity contribution in [1.82, 2.24) is 24.5 Å². The molecule has 0 amide bonds. The van der Waals surface area contributed by atoms with E-state index in [4.69, 9.17) is 15.6 Å². The molecule has 2 aromatic heterocycles. The molecule has 180 valence electrons. The number of nitrogens with zero attached hydrogens (tertiary/aromatic N) is 4. The Morgan fingerprint density at radius 1 is 1.09 bits per heavy atom. The van der Waals surface area contributed by atoms with Gasteiger partial charge in [-0.1, -0.05) is 24.3 Å². The molecular formula is C25H26N6O3S. The minimum Gasteiger partial charge on any atom is -0.457 e. The smallest absolute Gasteiger partial charge is 0.232 e. The Balaban J connectivity index is 1.44. The summed E-state index contributed by atoms with van der Waals surface area (Å²) in [6.45, 7) is 1.62. The number of nitrogen functional groups attached to an aromatic ring is 1. The molecular weight excluding hydrogens is 464 g/mol. The van der Waals surface area contributed by atoms with Crippen molar-refractivity contribution in [2.24, 2.45) is 0 Å². The first-order chi connectivity index (χ1) is 16.9. The van der Waals surface area contributed by atoms with Gasteiger partial charge in [0.25, 0.3) is 0 Å². The van der Waals surface area contributed by atoms with Gasteiger partial charge in [-0.2, -0.15) is 5.10 Å². The van der Waals surface area contributed by atoms with Crippen molar-refractivity contribution in [1.29, 1.82) is 0 Å². The van der Waals surface area contributed by atoms with Gasteiger partial charge in [0.2, 0.25) is 10.0 Å². The van der Waals surface area contributed by atoms with E-state index in [2.05, 4.69) is 14.7 Å². The highest BCUT2D eigenvalue weighted by Gasteiger charge is 2.25. The number of anilines is 1. The second-order valence-electron chi connectivity index (χ2n) is 8.35. The van der Waals surface area contributed by atoms with Crippen molar-refractivity contribution in [2.45, 2.75) is 32.2 Å². The lowest BCUT2D eigenvalue weighted by atomic mass is 10.00. The first kappa shape index (κ1) is 22.9. The number of ether oxygens (including phenoxy) is 1. The van der Waals surface area contributed by atoms with Gasteiger partial charge in [0.1, 0.15) is 29.3 Å². The second kappa shape index (κ2) is 9.38. The first-order valence-corrected chi connectivity index (χ1v) is 13.1. The van der Waals surface area contributed by atoms with Crippen molar-refractivity contribution in [2.75, 3.05) is 11.5 Å². The zero-order chi connectivity index (χ0) is 24.4. The number of para-hydroxylation sites is 1. The Bertz CT molecular complexity index is 1480. The Kier molecular flexibility index (Phi) is 6.12. The summed E-state index contributed by atoms with van der Waals surface area (Å²) in [4.78, 5) is 8.67. The van der Waals surface area contributed by atoms with Crippen molar-refractivity contribution in [3.8, 4) is 22.8 Å². The Hall–Kier alpha value is -3.92. The average Bonchev–Trinajstić information content (AvgIpc) is 3.26. The summed E-state index contributed by atoms with van der Waals surface area (Å²) in [5, 5.41) is 5.60. The van der Waals surface area contributed by atoms with Gasteiger partial charge in [-0.3, -0.25) is 4.72 Å². The normalized spacial score (nSPS) is 16.1. The molecule has 0 radical (unpaired) electrons. The van der Waals surface area contributed by atoms with Gasteiger partial charge in [0, 0.05) is 11.3 Å². The maximum atomic E-state index is 11.9. The third-order valence-corrected chi connectivity index (χ3v) is 7.35. The van der Waals surface area contributed by atoms with E-state index < -0.39 is 10.0 Å². The molecule has 1 unspecified atom stereocenters. The van der Waals surface area contributed by atoms with Gasteiger partial charge in [-0.25, -0.2) is 23.1 Å². The number of fused-ring (bicyclic) bond motifs is 1. The molecule has 0 fully saturated rings. The van der Waals surface area contributed by atoms with E-state index in [-0.39, 0.29) is 11.8 Å². The summed E-state index contributed by atoms with van der Waals surface area (Å²) in [5.41, 5.74) is 9.22. The van der Waals surface area contributed by atoms with Crippen LogP contribution in [-0.2, 0) is 10.0 Å². The monoisotopic (exact) mass is 490 g/mol. The van der Waals surface area contributed by atoms with Crippen LogP contribution in [0, 0.1) is 0 Å². The maximum Gasteiger partial charge on any atom is 0.232 e. The summed E-state index contributed by atoms with van der Waals surface area (Å²) in [5.74, 6) is 1.89. The SMILES string of the molecule is CCS(=O)(=O)NC1=CCC(n2nc(-c3ccc(Oc4ccccc4)cc3)c3c(N)ncnc32)CC1. The van der Waals surface area contributed by atoms with Gasteiger partial charge in [-0.05, 0) is 62.6 Å². The van der Waals surface area contributed by atoms with E-state index in [0.717, 1.165) is 23.4 Å². The summed E-state index contributed by atoms with van der Waals surface area (Å²) >= 11 is 0. The molecule has 35 heavy (non-hydrogen) atoms. The number of hydrogen-bond acceptors (Lipinski definition) is 7. The van der Waals surface area contributed by atoms with Gasteiger partial charge < -0.3 is 10.5 Å². The lowest BCUT2D eigenvalue weighted by Gasteiger charge is -2.23. The first-order valence-electron chi connectivity index (χ1n) is 11.4. The third-order valence-electron chi connectivity index (χ3n) is 6.02. The molecule has 0 saturated carbocycles. The third kappa shape index (κ3) is 4.83. The fourth-order valence-electron chi connectivity index (χ4n) is 4.16. The van der Waals surface area contributed by atoms with E-state index in [9.17, 15) is 8.42 Å². The van der Waals surface area contributed by atoms with Crippen LogP contribution in [0.3, 0.4) is 0 Å². The standard InChI is InChI=1S/C25H26N6O3S/c1-2-35(32,33)30-18-10-12-19(13-11-18)31-25-22(24(26)27-16-28-25)23(29-31)17-8-14-21(15-9-17)34-20-6-4-3-5-7-20/h3-10,14-16,19,30H,2,11-13H2,1H3,(H2,26,27,28). The van der Waals surface area contributed by atoms with Crippen LogP contribution in [-0.4, -0.2) is 33.9 Å². The zero-order valence-electron chi connectivity index (χ0n) is 19.3. The number of hydrogen-bond donors (Lipinski definition) is 2. The van der Waals surface area contributed by atoms with Crippen molar-refractivity contribution >= 4 is 26.9 Å². The van der Waals surface area contributed by atoms with Crippen molar-refractivity contribution < 1.29 is 13.2 Å². The molecule has 2 heterocycles. The Morgan fingerprint density at radius 3 is 2.51 bits per heavy atom. The molecule has 0 aliphatic heterocycles. The molecule has 4 aromatic rings. The van der Waals surface area contributed by atoms with Crippen LogP contribution in [0.15, 0.2) is 72.7 Å². The molecule has 3 N–H and O–H groups in total. The largest absolute Gasteiger partial charge is 0.457 e. The molecule has 1 aliphatic carbocycles. The highest BCUT2D eigenvalue weighted by Crippen LogP contribution is 2.36. The number of aromatic nitrogens is 4. The summed E-state index contributed by atoms with van der Waals surface area (Å²) < 4.78 is 34.3. The highest BCUT2D eigenvalue weighted by atomic mass is 32.2. The van der Waals surface area contributed by atoms with Gasteiger partial charge in [-0.15, -0.1) is 0 Å². The minimum atomic E-state index is -3.29. The molecule has 2 aromatic carbocycles. The fourth-order valence-corrected chi connectivity index (χ4v) is 4.89. The van der Waals surface area contributed by atoms with Crippen LogP contribution in [0.25, 0.3) is 22.3 Å². The quantitative estimate of drug-likeness (QED) is 0.393. The summed E-state index contributed by atoms with van der Waals surface area (Å²) in [7, 11) is -3.29. The molecule has 0 saturated heterocycles.